The fourth-order valence-corrected chi connectivity index (χ4v) is 4.76. The molecule has 0 saturated carbocycles. The van der Waals surface area contributed by atoms with Gasteiger partial charge in [0, 0.05) is 5.02 Å². The van der Waals surface area contributed by atoms with Gasteiger partial charge in [-0.05, 0) is 102 Å². The predicted molar refractivity (Wildman–Crippen MR) is 151 cm³/mol. The highest BCUT2D eigenvalue weighted by Crippen LogP contribution is 2.36. The summed E-state index contributed by atoms with van der Waals surface area (Å²) in [5, 5.41) is 2.57. The van der Waals surface area contributed by atoms with Gasteiger partial charge in [0.05, 0.1) is 15.9 Å². The highest BCUT2D eigenvalue weighted by Gasteiger charge is 2.37. The molecule has 1 aliphatic heterocycles. The van der Waals surface area contributed by atoms with Gasteiger partial charge in [-0.1, -0.05) is 35.9 Å². The van der Waals surface area contributed by atoms with E-state index >= 15 is 0 Å². The third kappa shape index (κ3) is 5.97. The van der Waals surface area contributed by atoms with Crippen molar-refractivity contribution in [2.24, 2.45) is 0 Å². The molecule has 1 fully saturated rings. The first-order valence-electron chi connectivity index (χ1n) is 11.5. The van der Waals surface area contributed by atoms with Crippen LogP contribution in [0.3, 0.4) is 0 Å². The fraction of sp³-hybridized carbons (Fsp3) is 0.179. The van der Waals surface area contributed by atoms with Gasteiger partial charge >= 0.3 is 6.03 Å². The summed E-state index contributed by atoms with van der Waals surface area (Å²) in [7, 11) is 0. The Morgan fingerprint density at radius 2 is 1.78 bits per heavy atom. The molecule has 0 atom stereocenters. The number of carbonyl (C=O) groups excluding carboxylic acids is 3. The Morgan fingerprint density at radius 3 is 2.49 bits per heavy atom. The summed E-state index contributed by atoms with van der Waals surface area (Å²) in [6.45, 7) is 6.73. The number of urea groups is 1. The van der Waals surface area contributed by atoms with Crippen LogP contribution in [-0.2, 0) is 16.2 Å². The molecule has 1 aliphatic rings. The van der Waals surface area contributed by atoms with Crippen molar-refractivity contribution in [1.82, 2.24) is 5.32 Å². The van der Waals surface area contributed by atoms with Gasteiger partial charge in [-0.25, -0.2) is 9.69 Å². The molecule has 0 radical (unpaired) electrons. The summed E-state index contributed by atoms with van der Waals surface area (Å²) in [5.74, 6) is -0.482. The van der Waals surface area contributed by atoms with E-state index in [0.29, 0.717) is 35.3 Å². The van der Waals surface area contributed by atoms with E-state index in [1.807, 2.05) is 13.0 Å². The molecule has 190 valence electrons. The number of aryl methyl sites for hydroxylation is 2. The van der Waals surface area contributed by atoms with Crippen LogP contribution < -0.4 is 19.7 Å². The van der Waals surface area contributed by atoms with Crippen LogP contribution in [0.15, 0.2) is 60.2 Å². The summed E-state index contributed by atoms with van der Waals surface area (Å²) in [6, 6.07) is 15.1. The van der Waals surface area contributed by atoms with Crippen LogP contribution in [0.25, 0.3) is 6.08 Å². The van der Waals surface area contributed by atoms with Gasteiger partial charge in [-0.2, -0.15) is 0 Å². The number of rotatable bonds is 7. The number of carbonyl (C=O) groups is 3. The van der Waals surface area contributed by atoms with Gasteiger partial charge in [0.25, 0.3) is 11.8 Å². The standard InChI is InChI=1S/C28H24ClIN2O5/c1-4-36-24-13-19(12-23(30)25(24)37-15-18-9-8-16(2)17(3)10-18)11-22-26(33)31-28(35)32(27(22)34)21-7-5-6-20(29)14-21/h5-14H,4,15H2,1-3H3,(H,31,33,35)/b22-11+. The Bertz CT molecular complexity index is 1440. The van der Waals surface area contributed by atoms with Crippen LogP contribution in [0, 0.1) is 17.4 Å². The topological polar surface area (TPSA) is 84.9 Å². The van der Waals surface area contributed by atoms with Crippen LogP contribution in [-0.4, -0.2) is 24.5 Å². The zero-order chi connectivity index (χ0) is 26.7. The average molecular weight is 631 g/mol. The smallest absolute Gasteiger partial charge is 0.335 e. The van der Waals surface area contributed by atoms with Crippen LogP contribution in [0.5, 0.6) is 11.5 Å². The van der Waals surface area contributed by atoms with Gasteiger partial charge in [-0.15, -0.1) is 0 Å². The minimum absolute atomic E-state index is 0.193. The zero-order valence-corrected chi connectivity index (χ0v) is 23.3. The Balaban J connectivity index is 1.66. The Kier molecular flexibility index (Phi) is 8.19. The Hall–Kier alpha value is -3.37. The molecule has 9 heteroatoms. The molecule has 0 spiro atoms. The quantitative estimate of drug-likeness (QED) is 0.191. The number of ether oxygens (including phenoxy) is 2. The number of halogens is 2. The molecule has 3 aromatic rings. The molecule has 37 heavy (non-hydrogen) atoms. The van der Waals surface area contributed by atoms with E-state index in [4.69, 9.17) is 21.1 Å². The number of hydrogen-bond acceptors (Lipinski definition) is 5. The highest BCUT2D eigenvalue weighted by molar-refractivity contribution is 14.1. The second-order valence-electron chi connectivity index (χ2n) is 8.41. The van der Waals surface area contributed by atoms with Gasteiger partial charge in [-0.3, -0.25) is 14.9 Å². The number of anilines is 1. The molecule has 0 unspecified atom stereocenters. The molecule has 0 bridgehead atoms. The van der Waals surface area contributed by atoms with Crippen molar-refractivity contribution in [2.45, 2.75) is 27.4 Å². The van der Waals surface area contributed by atoms with Crippen molar-refractivity contribution in [3.63, 3.8) is 0 Å². The number of barbiturate groups is 1. The predicted octanol–water partition coefficient (Wildman–Crippen LogP) is 6.21. The summed E-state index contributed by atoms with van der Waals surface area (Å²) >= 11 is 8.17. The minimum Gasteiger partial charge on any atom is -0.490 e. The van der Waals surface area contributed by atoms with E-state index in [0.717, 1.165) is 14.0 Å². The van der Waals surface area contributed by atoms with Crippen molar-refractivity contribution >= 4 is 63.8 Å². The van der Waals surface area contributed by atoms with Crippen LogP contribution >= 0.6 is 34.2 Å². The lowest BCUT2D eigenvalue weighted by atomic mass is 10.1. The van der Waals surface area contributed by atoms with Crippen molar-refractivity contribution in [3.05, 3.63) is 91.0 Å². The lowest BCUT2D eigenvalue weighted by molar-refractivity contribution is -0.122. The van der Waals surface area contributed by atoms with Crippen molar-refractivity contribution < 1.29 is 23.9 Å². The van der Waals surface area contributed by atoms with E-state index in [-0.39, 0.29) is 11.3 Å². The first-order valence-corrected chi connectivity index (χ1v) is 13.0. The number of nitrogens with zero attached hydrogens (tertiary/aromatic N) is 1. The second kappa shape index (κ2) is 11.4. The summed E-state index contributed by atoms with van der Waals surface area (Å²) < 4.78 is 12.7. The lowest BCUT2D eigenvalue weighted by Gasteiger charge is -2.26. The molecule has 4 rings (SSSR count). The van der Waals surface area contributed by atoms with E-state index in [2.05, 4.69) is 53.9 Å². The maximum atomic E-state index is 13.2. The first-order chi connectivity index (χ1) is 17.7. The van der Waals surface area contributed by atoms with Gasteiger partial charge in [0.1, 0.15) is 12.2 Å². The number of hydrogen-bond donors (Lipinski definition) is 1. The van der Waals surface area contributed by atoms with E-state index in [9.17, 15) is 14.4 Å². The monoisotopic (exact) mass is 630 g/mol. The average Bonchev–Trinajstić information content (AvgIpc) is 2.83. The van der Waals surface area contributed by atoms with Crippen LogP contribution in [0.1, 0.15) is 29.2 Å². The molecular formula is C28H24ClIN2O5. The van der Waals surface area contributed by atoms with E-state index < -0.39 is 17.8 Å². The third-order valence-electron chi connectivity index (χ3n) is 5.77. The number of benzene rings is 3. The lowest BCUT2D eigenvalue weighted by Crippen LogP contribution is -2.54. The zero-order valence-electron chi connectivity index (χ0n) is 20.4. The Labute approximate surface area is 233 Å². The normalized spacial score (nSPS) is 14.7. The molecule has 0 aliphatic carbocycles. The molecular weight excluding hydrogens is 607 g/mol. The van der Waals surface area contributed by atoms with Crippen molar-refractivity contribution in [3.8, 4) is 11.5 Å². The maximum absolute atomic E-state index is 13.2. The first kappa shape index (κ1) is 26.7. The molecule has 4 amide bonds. The molecule has 7 nitrogen and oxygen atoms in total. The number of imide groups is 2. The van der Waals surface area contributed by atoms with Gasteiger partial charge in [0.2, 0.25) is 0 Å². The largest absolute Gasteiger partial charge is 0.490 e. The highest BCUT2D eigenvalue weighted by atomic mass is 127. The summed E-state index contributed by atoms with van der Waals surface area (Å²) in [6.07, 6.45) is 1.43. The molecule has 1 saturated heterocycles. The maximum Gasteiger partial charge on any atom is 0.335 e. The number of nitrogens with one attached hydrogen (secondary N) is 1. The molecule has 1 N–H and O–H groups in total. The fourth-order valence-electron chi connectivity index (χ4n) is 3.80. The van der Waals surface area contributed by atoms with Crippen LogP contribution in [0.2, 0.25) is 5.02 Å². The van der Waals surface area contributed by atoms with E-state index in [1.165, 1.54) is 23.3 Å². The number of amides is 4. The Morgan fingerprint density at radius 1 is 1.00 bits per heavy atom. The van der Waals surface area contributed by atoms with Gasteiger partial charge in [0.15, 0.2) is 11.5 Å². The molecule has 1 heterocycles. The molecule has 3 aromatic carbocycles. The minimum atomic E-state index is -0.839. The SMILES string of the molecule is CCOc1cc(/C=C2\C(=O)NC(=O)N(c3cccc(Cl)c3)C2=O)cc(I)c1OCc1ccc(C)c(C)c1. The van der Waals surface area contributed by atoms with E-state index in [1.54, 1.807) is 30.3 Å². The third-order valence-corrected chi connectivity index (χ3v) is 6.80. The second-order valence-corrected chi connectivity index (χ2v) is 10.0. The summed E-state index contributed by atoms with van der Waals surface area (Å²) in [5.41, 5.74) is 4.04. The summed E-state index contributed by atoms with van der Waals surface area (Å²) in [4.78, 5) is 39.2. The van der Waals surface area contributed by atoms with Gasteiger partial charge < -0.3 is 9.47 Å². The van der Waals surface area contributed by atoms with Crippen molar-refractivity contribution in [1.29, 1.82) is 0 Å². The van der Waals surface area contributed by atoms with Crippen molar-refractivity contribution in [2.75, 3.05) is 11.5 Å². The van der Waals surface area contributed by atoms with Crippen LogP contribution in [0.4, 0.5) is 10.5 Å². The molecule has 0 aromatic heterocycles.